The van der Waals surface area contributed by atoms with Crippen LogP contribution in [0, 0.1) is 0 Å². The van der Waals surface area contributed by atoms with Gasteiger partial charge in [0.2, 0.25) is 0 Å². The van der Waals surface area contributed by atoms with Crippen LogP contribution in [-0.2, 0) is 36.8 Å². The maximum absolute atomic E-state index is 11.3. The maximum Gasteiger partial charge on any atom is 0.354 e. The van der Waals surface area contributed by atoms with E-state index in [-0.39, 0.29) is 11.4 Å². The van der Waals surface area contributed by atoms with Crippen molar-refractivity contribution >= 4 is 11.9 Å². The molecule has 0 bridgehead atoms. The van der Waals surface area contributed by atoms with Crippen LogP contribution in [0.5, 0.6) is 0 Å². The van der Waals surface area contributed by atoms with E-state index in [0.717, 1.165) is 0 Å². The number of hydrogen-bond donors (Lipinski definition) is 2. The third kappa shape index (κ3) is 13.4. The maximum atomic E-state index is 11.3. The molecule has 3 heterocycles. The van der Waals surface area contributed by atoms with E-state index >= 15 is 0 Å². The molecular weight excluding hydrogens is 536 g/mol. The van der Waals surface area contributed by atoms with Crippen molar-refractivity contribution in [2.45, 2.75) is 13.1 Å². The molecule has 13 heteroatoms. The molecule has 2 N–H and O–H groups in total. The molecule has 3 rings (SSSR count). The van der Waals surface area contributed by atoms with Gasteiger partial charge in [-0.2, -0.15) is 0 Å². The molecule has 2 aromatic heterocycles. The van der Waals surface area contributed by atoms with E-state index in [0.29, 0.717) is 117 Å². The van der Waals surface area contributed by atoms with Crippen LogP contribution in [0.1, 0.15) is 32.4 Å². The Labute approximate surface area is 239 Å². The summed E-state index contributed by atoms with van der Waals surface area (Å²) < 4.78 is 28.6. The van der Waals surface area contributed by atoms with Crippen LogP contribution >= 0.6 is 0 Å². The van der Waals surface area contributed by atoms with Gasteiger partial charge in [-0.3, -0.25) is 9.80 Å². The fourth-order valence-corrected chi connectivity index (χ4v) is 4.01. The van der Waals surface area contributed by atoms with E-state index in [4.69, 9.17) is 23.7 Å². The molecule has 41 heavy (non-hydrogen) atoms. The summed E-state index contributed by atoms with van der Waals surface area (Å²) in [5.74, 6) is -2.11. The highest BCUT2D eigenvalue weighted by atomic mass is 16.5. The normalized spacial score (nSPS) is 18.7. The molecule has 0 unspecified atom stereocenters. The van der Waals surface area contributed by atoms with Crippen LogP contribution in [0.15, 0.2) is 36.4 Å². The smallest absolute Gasteiger partial charge is 0.354 e. The number of carbonyl (C=O) groups is 2. The number of aromatic nitrogens is 2. The zero-order chi connectivity index (χ0) is 29.1. The molecule has 226 valence electrons. The lowest BCUT2D eigenvalue weighted by molar-refractivity contribution is 0.00520. The lowest BCUT2D eigenvalue weighted by Gasteiger charge is -2.22. The van der Waals surface area contributed by atoms with Crippen LogP contribution in [0.25, 0.3) is 0 Å². The van der Waals surface area contributed by atoms with E-state index in [1.807, 2.05) is 0 Å². The van der Waals surface area contributed by atoms with Gasteiger partial charge in [0.25, 0.3) is 0 Å². The Bertz CT molecular complexity index is 977. The Balaban J connectivity index is 1.50. The van der Waals surface area contributed by atoms with E-state index in [9.17, 15) is 19.8 Å². The predicted molar refractivity (Wildman–Crippen MR) is 147 cm³/mol. The Hall–Kier alpha value is -3.04. The van der Waals surface area contributed by atoms with Crippen LogP contribution in [0.2, 0.25) is 0 Å². The monoisotopic (exact) mass is 576 g/mol. The van der Waals surface area contributed by atoms with Gasteiger partial charge in [-0.05, 0) is 24.3 Å². The first-order valence-corrected chi connectivity index (χ1v) is 13.7. The molecular formula is C28H40N4O9. The Kier molecular flexibility index (Phi) is 15.2. The van der Waals surface area contributed by atoms with Gasteiger partial charge in [0, 0.05) is 39.3 Å². The van der Waals surface area contributed by atoms with Gasteiger partial charge >= 0.3 is 11.9 Å². The molecule has 0 aliphatic carbocycles. The van der Waals surface area contributed by atoms with Crippen LogP contribution in [0.3, 0.4) is 0 Å². The number of rotatable bonds is 6. The van der Waals surface area contributed by atoms with Crippen molar-refractivity contribution in [1.82, 2.24) is 19.8 Å². The molecule has 0 amide bonds. The first-order valence-electron chi connectivity index (χ1n) is 13.7. The number of ether oxygens (including phenoxy) is 5. The van der Waals surface area contributed by atoms with E-state index in [2.05, 4.69) is 19.8 Å². The quantitative estimate of drug-likeness (QED) is 0.508. The standard InChI is InChI=1S/C28H40N4O9/c33-27(34)25-5-1-3-23(29-25)21-31-7-11-37-15-16-38-12-8-32(22-24-4-2-6-26(30-24)28(35)36)10-14-40-18-20-41-19-17-39-13-9-31/h1-6H,7-22H2,(H,33,34)(H,35,36). The highest BCUT2D eigenvalue weighted by Crippen LogP contribution is 2.06. The Morgan fingerprint density at radius 1 is 0.561 bits per heavy atom. The number of hydrogen-bond acceptors (Lipinski definition) is 11. The predicted octanol–water partition coefficient (Wildman–Crippen LogP) is 1.27. The average molecular weight is 577 g/mol. The van der Waals surface area contributed by atoms with Gasteiger partial charge in [-0.25, -0.2) is 19.6 Å². The van der Waals surface area contributed by atoms with Crippen LogP contribution in [-0.4, -0.2) is 134 Å². The molecule has 1 fully saturated rings. The fraction of sp³-hybridized carbons (Fsp3) is 0.571. The number of pyridine rings is 2. The largest absolute Gasteiger partial charge is 0.477 e. The van der Waals surface area contributed by atoms with Gasteiger partial charge in [0.05, 0.1) is 77.5 Å². The molecule has 13 nitrogen and oxygen atoms in total. The van der Waals surface area contributed by atoms with Crippen molar-refractivity contribution in [2.24, 2.45) is 0 Å². The minimum atomic E-state index is -1.06. The number of nitrogens with zero attached hydrogens (tertiary/aromatic N) is 4. The van der Waals surface area contributed by atoms with Gasteiger partial charge in [-0.15, -0.1) is 0 Å². The Morgan fingerprint density at radius 2 is 0.878 bits per heavy atom. The minimum Gasteiger partial charge on any atom is -0.477 e. The summed E-state index contributed by atoms with van der Waals surface area (Å²) >= 11 is 0. The number of carboxylic acid groups (broad SMARTS) is 2. The van der Waals surface area contributed by atoms with Gasteiger partial charge in [-0.1, -0.05) is 12.1 Å². The van der Waals surface area contributed by atoms with Crippen molar-refractivity contribution in [3.63, 3.8) is 0 Å². The Morgan fingerprint density at radius 3 is 1.20 bits per heavy atom. The lowest BCUT2D eigenvalue weighted by Crippen LogP contribution is -2.32. The van der Waals surface area contributed by atoms with E-state index < -0.39 is 11.9 Å². The summed E-state index contributed by atoms with van der Waals surface area (Å²) in [7, 11) is 0. The first kappa shape index (κ1) is 32.5. The third-order valence-electron chi connectivity index (χ3n) is 6.15. The van der Waals surface area contributed by atoms with Crippen molar-refractivity contribution in [3.8, 4) is 0 Å². The first-order chi connectivity index (χ1) is 20.0. The highest BCUT2D eigenvalue weighted by Gasteiger charge is 2.12. The fourth-order valence-electron chi connectivity index (χ4n) is 4.01. The highest BCUT2D eigenvalue weighted by molar-refractivity contribution is 5.85. The lowest BCUT2D eigenvalue weighted by atomic mass is 10.3. The zero-order valence-electron chi connectivity index (χ0n) is 23.3. The molecule has 1 saturated heterocycles. The minimum absolute atomic E-state index is 0.0146. The summed E-state index contributed by atoms with van der Waals surface area (Å²) in [6.45, 7) is 8.00. The summed E-state index contributed by atoms with van der Waals surface area (Å²) in [5.41, 5.74) is 1.36. The molecule has 0 aromatic carbocycles. The van der Waals surface area contributed by atoms with Crippen LogP contribution < -0.4 is 0 Å². The molecule has 1 aliphatic rings. The van der Waals surface area contributed by atoms with Gasteiger partial charge in [0.15, 0.2) is 0 Å². The molecule has 0 atom stereocenters. The molecule has 2 aromatic rings. The molecule has 1 aliphatic heterocycles. The van der Waals surface area contributed by atoms with Crippen molar-refractivity contribution in [2.75, 3.05) is 92.2 Å². The third-order valence-corrected chi connectivity index (χ3v) is 6.15. The topological polar surface area (TPSA) is 153 Å². The van der Waals surface area contributed by atoms with Crippen molar-refractivity contribution in [3.05, 3.63) is 59.2 Å². The van der Waals surface area contributed by atoms with Gasteiger partial charge in [0.1, 0.15) is 11.4 Å². The number of carboxylic acids is 2. The zero-order valence-corrected chi connectivity index (χ0v) is 23.3. The van der Waals surface area contributed by atoms with E-state index in [1.54, 1.807) is 24.3 Å². The summed E-state index contributed by atoms with van der Waals surface area (Å²) in [6, 6.07) is 9.94. The number of aromatic carboxylic acids is 2. The average Bonchev–Trinajstić information content (AvgIpc) is 2.96. The summed E-state index contributed by atoms with van der Waals surface area (Å²) in [4.78, 5) is 35.2. The summed E-state index contributed by atoms with van der Waals surface area (Å²) in [5, 5.41) is 18.5. The molecule has 0 saturated carbocycles. The van der Waals surface area contributed by atoms with Crippen LogP contribution in [0.4, 0.5) is 0 Å². The second kappa shape index (κ2) is 19.1. The summed E-state index contributed by atoms with van der Waals surface area (Å²) in [6.07, 6.45) is 0. The van der Waals surface area contributed by atoms with Crippen molar-refractivity contribution < 1.29 is 43.5 Å². The molecule has 0 spiro atoms. The molecule has 0 radical (unpaired) electrons. The second-order valence-electron chi connectivity index (χ2n) is 9.25. The van der Waals surface area contributed by atoms with Gasteiger partial charge < -0.3 is 33.9 Å². The van der Waals surface area contributed by atoms with E-state index in [1.165, 1.54) is 12.1 Å². The SMILES string of the molecule is O=C(O)c1cccc(CN2CCOCCOCCOCCN(Cc3cccc(C(=O)O)n3)CCOCCOCC2)n1. The van der Waals surface area contributed by atoms with Crippen molar-refractivity contribution in [1.29, 1.82) is 0 Å². The second-order valence-corrected chi connectivity index (χ2v) is 9.25.